The summed E-state index contributed by atoms with van der Waals surface area (Å²) in [5.74, 6) is -0.578. The molecule has 0 amide bonds. The fourth-order valence-corrected chi connectivity index (χ4v) is 2.46. The third kappa shape index (κ3) is 4.29. The van der Waals surface area contributed by atoms with Gasteiger partial charge in [0.15, 0.2) is 0 Å². The Morgan fingerprint density at radius 3 is 2.46 bits per heavy atom. The molecule has 1 unspecified atom stereocenters. The summed E-state index contributed by atoms with van der Waals surface area (Å²) in [5.41, 5.74) is 1.34. The summed E-state index contributed by atoms with van der Waals surface area (Å²) in [4.78, 5) is 7.18. The Bertz CT molecular complexity index is 877. The van der Waals surface area contributed by atoms with Crippen molar-refractivity contribution in [1.29, 1.82) is 0 Å². The molecule has 1 N–H and O–H groups in total. The Morgan fingerprint density at radius 2 is 1.81 bits per heavy atom. The maximum atomic E-state index is 13.3. The summed E-state index contributed by atoms with van der Waals surface area (Å²) >= 11 is 0. The lowest BCUT2D eigenvalue weighted by molar-refractivity contribution is -0.274. The lowest BCUT2D eigenvalue weighted by Gasteiger charge is -2.16. The number of aromatic amines is 1. The summed E-state index contributed by atoms with van der Waals surface area (Å²) in [5, 5.41) is 0. The monoisotopic (exact) mass is 372 g/mol. The van der Waals surface area contributed by atoms with E-state index in [1.54, 1.807) is 0 Å². The number of fused-ring (bicyclic) bond motifs is 1. The highest BCUT2D eigenvalue weighted by molar-refractivity contribution is 5.75. The molecule has 0 saturated heterocycles. The molecule has 0 saturated carbocycles. The lowest BCUT2D eigenvalue weighted by atomic mass is 10.1. The molecule has 1 heterocycles. The molecule has 9 heteroatoms. The van der Waals surface area contributed by atoms with Crippen LogP contribution in [0.3, 0.4) is 0 Å². The van der Waals surface area contributed by atoms with Crippen LogP contribution in [-0.2, 0) is 4.74 Å². The minimum Gasteiger partial charge on any atom is -0.406 e. The Morgan fingerprint density at radius 1 is 1.08 bits per heavy atom. The van der Waals surface area contributed by atoms with Crippen molar-refractivity contribution in [3.05, 3.63) is 59.7 Å². The van der Waals surface area contributed by atoms with Crippen molar-refractivity contribution in [2.75, 3.05) is 13.3 Å². The maximum Gasteiger partial charge on any atom is 0.573 e. The standard InChI is InChI=1S/C17H13F5N2O2/c18-7-8-25-15(10-1-4-12(5-2-10)26-17(20,21)22)16-23-13-6-3-11(19)9-14(13)24-16/h1-6,9,15H,7-8H2,(H,23,24). The Balaban J connectivity index is 1.91. The number of nitrogens with one attached hydrogen (secondary N) is 1. The molecule has 0 radical (unpaired) electrons. The van der Waals surface area contributed by atoms with Gasteiger partial charge >= 0.3 is 6.36 Å². The number of imidazole rings is 1. The van der Waals surface area contributed by atoms with Crippen molar-refractivity contribution in [1.82, 2.24) is 9.97 Å². The molecule has 0 bridgehead atoms. The topological polar surface area (TPSA) is 47.1 Å². The number of benzene rings is 2. The molecule has 1 aromatic heterocycles. The first-order chi connectivity index (χ1) is 12.4. The molecular weight excluding hydrogens is 359 g/mol. The van der Waals surface area contributed by atoms with Crippen LogP contribution in [0.4, 0.5) is 22.0 Å². The minimum absolute atomic E-state index is 0.239. The van der Waals surface area contributed by atoms with Crippen molar-refractivity contribution in [2.24, 2.45) is 0 Å². The molecule has 0 aliphatic carbocycles. The summed E-state index contributed by atoms with van der Waals surface area (Å²) in [6.07, 6.45) is -5.66. The van der Waals surface area contributed by atoms with Gasteiger partial charge in [-0.2, -0.15) is 0 Å². The predicted molar refractivity (Wildman–Crippen MR) is 82.9 cm³/mol. The largest absolute Gasteiger partial charge is 0.573 e. The van der Waals surface area contributed by atoms with Crippen molar-refractivity contribution < 1.29 is 31.4 Å². The smallest absolute Gasteiger partial charge is 0.406 e. The number of ether oxygens (including phenoxy) is 2. The van der Waals surface area contributed by atoms with Crippen molar-refractivity contribution in [2.45, 2.75) is 12.5 Å². The Labute approximate surface area is 144 Å². The number of rotatable bonds is 6. The quantitative estimate of drug-likeness (QED) is 0.640. The van der Waals surface area contributed by atoms with E-state index in [2.05, 4.69) is 14.7 Å². The third-order valence-corrected chi connectivity index (χ3v) is 3.49. The van der Waals surface area contributed by atoms with Gasteiger partial charge in [-0.1, -0.05) is 12.1 Å². The van der Waals surface area contributed by atoms with Crippen molar-refractivity contribution in [3.8, 4) is 5.75 Å². The number of hydrogen-bond acceptors (Lipinski definition) is 3. The SMILES string of the molecule is FCCOC(c1ccc(OC(F)(F)F)cc1)c1nc2cc(F)ccc2[nH]1. The first kappa shape index (κ1) is 18.1. The van der Waals surface area contributed by atoms with E-state index in [1.165, 1.54) is 30.3 Å². The molecule has 0 aliphatic rings. The van der Waals surface area contributed by atoms with E-state index in [0.29, 0.717) is 16.6 Å². The number of H-pyrrole nitrogens is 1. The first-order valence-corrected chi connectivity index (χ1v) is 7.54. The second-order valence-electron chi connectivity index (χ2n) is 5.34. The fraction of sp³-hybridized carbons (Fsp3) is 0.235. The van der Waals surface area contributed by atoms with Crippen LogP contribution in [0.25, 0.3) is 11.0 Å². The van der Waals surface area contributed by atoms with Gasteiger partial charge in [0.25, 0.3) is 0 Å². The molecule has 4 nitrogen and oxygen atoms in total. The number of nitrogens with zero attached hydrogens (tertiary/aromatic N) is 1. The Hall–Kier alpha value is -2.68. The highest BCUT2D eigenvalue weighted by Crippen LogP contribution is 2.29. The average molecular weight is 372 g/mol. The van der Waals surface area contributed by atoms with E-state index < -0.39 is 30.7 Å². The summed E-state index contributed by atoms with van der Waals surface area (Å²) in [7, 11) is 0. The molecule has 2 aromatic carbocycles. The van der Waals surface area contributed by atoms with Crippen LogP contribution in [0.5, 0.6) is 5.75 Å². The highest BCUT2D eigenvalue weighted by atomic mass is 19.4. The number of aromatic nitrogens is 2. The van der Waals surface area contributed by atoms with Gasteiger partial charge in [0.2, 0.25) is 0 Å². The van der Waals surface area contributed by atoms with Gasteiger partial charge in [0.05, 0.1) is 17.6 Å². The van der Waals surface area contributed by atoms with Gasteiger partial charge in [0.1, 0.15) is 30.2 Å². The fourth-order valence-electron chi connectivity index (χ4n) is 2.46. The van der Waals surface area contributed by atoms with Gasteiger partial charge < -0.3 is 14.5 Å². The molecule has 138 valence electrons. The summed E-state index contributed by atoms with van der Waals surface area (Å²) < 4.78 is 71.9. The van der Waals surface area contributed by atoms with Crippen LogP contribution in [0, 0.1) is 5.82 Å². The van der Waals surface area contributed by atoms with Crippen LogP contribution >= 0.6 is 0 Å². The van der Waals surface area contributed by atoms with E-state index in [-0.39, 0.29) is 12.4 Å². The van der Waals surface area contributed by atoms with Gasteiger partial charge in [0, 0.05) is 6.07 Å². The second-order valence-corrected chi connectivity index (χ2v) is 5.34. The lowest BCUT2D eigenvalue weighted by Crippen LogP contribution is -2.17. The van der Waals surface area contributed by atoms with Crippen LogP contribution in [0.15, 0.2) is 42.5 Å². The third-order valence-electron chi connectivity index (χ3n) is 3.49. The zero-order valence-electron chi connectivity index (χ0n) is 13.2. The van der Waals surface area contributed by atoms with E-state index in [1.807, 2.05) is 0 Å². The molecule has 3 aromatic rings. The summed E-state index contributed by atoms with van der Waals surface area (Å²) in [6, 6.07) is 8.93. The van der Waals surface area contributed by atoms with E-state index in [4.69, 9.17) is 4.74 Å². The average Bonchev–Trinajstić information content (AvgIpc) is 2.98. The Kier molecular flexibility index (Phi) is 5.08. The maximum absolute atomic E-state index is 13.3. The van der Waals surface area contributed by atoms with Gasteiger partial charge in [-0.25, -0.2) is 13.8 Å². The first-order valence-electron chi connectivity index (χ1n) is 7.54. The molecule has 0 aliphatic heterocycles. The molecule has 1 atom stereocenters. The van der Waals surface area contributed by atoms with Crippen molar-refractivity contribution in [3.63, 3.8) is 0 Å². The van der Waals surface area contributed by atoms with Gasteiger partial charge in [-0.15, -0.1) is 13.2 Å². The normalized spacial score (nSPS) is 13.1. The van der Waals surface area contributed by atoms with E-state index in [0.717, 1.165) is 12.1 Å². The zero-order valence-corrected chi connectivity index (χ0v) is 13.2. The molecule has 26 heavy (non-hydrogen) atoms. The van der Waals surface area contributed by atoms with Gasteiger partial charge in [-0.3, -0.25) is 0 Å². The van der Waals surface area contributed by atoms with Crippen LogP contribution in [-0.4, -0.2) is 29.6 Å². The summed E-state index contributed by atoms with van der Waals surface area (Å²) in [6.45, 7) is -0.989. The molecule has 0 spiro atoms. The number of alkyl halides is 4. The zero-order chi connectivity index (χ0) is 18.7. The van der Waals surface area contributed by atoms with Gasteiger partial charge in [-0.05, 0) is 29.8 Å². The van der Waals surface area contributed by atoms with E-state index in [9.17, 15) is 22.0 Å². The number of hydrogen-bond donors (Lipinski definition) is 1. The van der Waals surface area contributed by atoms with Crippen LogP contribution in [0.2, 0.25) is 0 Å². The van der Waals surface area contributed by atoms with Crippen LogP contribution in [0.1, 0.15) is 17.5 Å². The molecular formula is C17H13F5N2O2. The minimum atomic E-state index is -4.80. The van der Waals surface area contributed by atoms with Crippen LogP contribution < -0.4 is 4.74 Å². The second kappa shape index (κ2) is 7.28. The number of halogens is 5. The predicted octanol–water partition coefficient (Wildman–Crippen LogP) is 4.68. The highest BCUT2D eigenvalue weighted by Gasteiger charge is 2.31. The molecule has 0 fully saturated rings. The van der Waals surface area contributed by atoms with Crippen molar-refractivity contribution >= 4 is 11.0 Å². The molecule has 3 rings (SSSR count). The van der Waals surface area contributed by atoms with E-state index >= 15 is 0 Å².